The molecule has 2 saturated heterocycles. The Kier molecular flexibility index (Phi) is 22.3. The van der Waals surface area contributed by atoms with Gasteiger partial charge in [0.05, 0.1) is 69.8 Å². The van der Waals surface area contributed by atoms with Gasteiger partial charge in [0.2, 0.25) is 29.7 Å². The summed E-state index contributed by atoms with van der Waals surface area (Å²) >= 11 is 0. The summed E-state index contributed by atoms with van der Waals surface area (Å²) in [7, 11) is 0. The van der Waals surface area contributed by atoms with Crippen LogP contribution in [0.25, 0.3) is 0 Å². The molecule has 3 unspecified atom stereocenters. The topological polar surface area (TPSA) is 296 Å². The third-order valence-corrected chi connectivity index (χ3v) is 12.0. The maximum atomic E-state index is 14.1. The number of anilines is 3. The Morgan fingerprint density at radius 3 is 1.88 bits per heavy atom. The van der Waals surface area contributed by atoms with Crippen LogP contribution in [0.15, 0.2) is 12.4 Å². The quantitative estimate of drug-likeness (QED) is 0.0373. The molecule has 2 fully saturated rings. The van der Waals surface area contributed by atoms with Crippen molar-refractivity contribution in [1.29, 1.82) is 0 Å². The lowest BCUT2D eigenvalue weighted by Gasteiger charge is -2.38. The van der Waals surface area contributed by atoms with E-state index >= 15 is 0 Å². The maximum absolute atomic E-state index is 14.1. The molecular weight excluding hydrogens is 892 g/mol. The Balaban J connectivity index is 0.00000980. The molecule has 5 heterocycles. The van der Waals surface area contributed by atoms with Gasteiger partial charge in [-0.25, -0.2) is 9.36 Å². The van der Waals surface area contributed by atoms with E-state index in [1.807, 2.05) is 42.4 Å². The minimum Gasteiger partial charge on any atom is -1.00 e. The molecule has 2 amide bonds. The second-order valence-corrected chi connectivity index (χ2v) is 16.5. The predicted octanol–water partition coefficient (Wildman–Crippen LogP) is -3.12. The van der Waals surface area contributed by atoms with Crippen LogP contribution < -0.4 is 39.0 Å². The summed E-state index contributed by atoms with van der Waals surface area (Å²) in [5, 5.41) is 39.1. The van der Waals surface area contributed by atoms with E-state index in [9.17, 15) is 24.6 Å². The van der Waals surface area contributed by atoms with Crippen LogP contribution in [0.3, 0.4) is 0 Å². The standard InChI is InChI=1S/C42H68N16O8.ClH/c1-6-20-64-22-24-66-25-23-65-21-11-45-40-46-41(55-16-12-53(13-17-55)38(62)34(9-10-35(60)61)57-27-33(50-51-57)36(44)29(4)7-2)48-42(47-40)56-18-14-54(15-19-56)39(63)37(30(5)8-3)58-26-32(49-52-58)31(43)28-59;/h1,26-27,29-31,34,36-37,59H,7-25,28,43-44H2,2-5H3,(H,60,61)(H,45,46,47,48);1H/p-1/t29-,30+,31?,34+,36?,37?;/m1./s1. The Morgan fingerprint density at radius 2 is 1.31 bits per heavy atom. The zero-order valence-corrected chi connectivity index (χ0v) is 39.8. The van der Waals surface area contributed by atoms with Gasteiger partial charge in [0.15, 0.2) is 0 Å². The number of nitrogens with two attached hydrogens (primary N) is 2. The number of hydrogen-bond acceptors (Lipinski definition) is 19. The molecule has 0 radical (unpaired) electrons. The molecule has 0 aliphatic carbocycles. The Hall–Kier alpha value is -5.29. The van der Waals surface area contributed by atoms with Crippen molar-refractivity contribution < 1.29 is 51.2 Å². The molecule has 372 valence electrons. The second-order valence-electron chi connectivity index (χ2n) is 16.5. The Labute approximate surface area is 397 Å². The highest BCUT2D eigenvalue weighted by atomic mass is 35.5. The number of rotatable bonds is 27. The van der Waals surface area contributed by atoms with Gasteiger partial charge < -0.3 is 73.2 Å². The van der Waals surface area contributed by atoms with Crippen LogP contribution >= 0.6 is 0 Å². The van der Waals surface area contributed by atoms with Crippen molar-refractivity contribution in [2.75, 3.05) is 120 Å². The van der Waals surface area contributed by atoms with Gasteiger partial charge in [-0.05, 0) is 18.3 Å². The lowest BCUT2D eigenvalue weighted by Crippen LogP contribution is -3.00. The molecule has 0 aromatic carbocycles. The number of amides is 2. The molecule has 2 aliphatic heterocycles. The summed E-state index contributed by atoms with van der Waals surface area (Å²) in [6.07, 6.45) is 9.86. The van der Waals surface area contributed by atoms with Gasteiger partial charge in [-0.2, -0.15) is 15.0 Å². The van der Waals surface area contributed by atoms with Crippen molar-refractivity contribution >= 4 is 35.6 Å². The van der Waals surface area contributed by atoms with Gasteiger partial charge >= 0.3 is 5.97 Å². The summed E-state index contributed by atoms with van der Waals surface area (Å²) < 4.78 is 19.5. The zero-order chi connectivity index (χ0) is 47.6. The summed E-state index contributed by atoms with van der Waals surface area (Å²) in [6.45, 7) is 13.5. The van der Waals surface area contributed by atoms with Crippen molar-refractivity contribution in [2.24, 2.45) is 23.3 Å². The first kappa shape index (κ1) is 54.3. The number of carbonyl (C=O) groups excluding carboxylic acids is 2. The second kappa shape index (κ2) is 27.5. The Morgan fingerprint density at radius 1 is 0.776 bits per heavy atom. The largest absolute Gasteiger partial charge is 1.00 e. The van der Waals surface area contributed by atoms with Crippen LogP contribution in [0.4, 0.5) is 17.8 Å². The molecule has 25 heteroatoms. The van der Waals surface area contributed by atoms with Crippen molar-refractivity contribution in [3.05, 3.63) is 23.8 Å². The number of aliphatic hydroxyl groups is 1. The number of carboxylic acids is 1. The first-order chi connectivity index (χ1) is 31.9. The number of aromatic nitrogens is 9. The highest BCUT2D eigenvalue weighted by molar-refractivity contribution is 5.82. The molecule has 5 rings (SSSR count). The van der Waals surface area contributed by atoms with Gasteiger partial charge in [-0.15, -0.1) is 16.6 Å². The molecule has 0 spiro atoms. The van der Waals surface area contributed by atoms with Crippen molar-refractivity contribution in [1.82, 2.24) is 54.7 Å². The van der Waals surface area contributed by atoms with Crippen molar-refractivity contribution in [3.8, 4) is 12.3 Å². The summed E-state index contributed by atoms with van der Waals surface area (Å²) in [6, 6.07) is -2.55. The first-order valence-electron chi connectivity index (χ1n) is 22.8. The number of terminal acetylenes is 1. The minimum atomic E-state index is -1.02. The van der Waals surface area contributed by atoms with Crippen molar-refractivity contribution in [3.63, 3.8) is 0 Å². The number of nitrogens with one attached hydrogen (secondary N) is 1. The van der Waals surface area contributed by atoms with Gasteiger partial charge in [-0.3, -0.25) is 14.4 Å². The first-order valence-corrected chi connectivity index (χ1v) is 22.8. The molecule has 6 atom stereocenters. The highest BCUT2D eigenvalue weighted by Crippen LogP contribution is 2.27. The maximum Gasteiger partial charge on any atom is 0.303 e. The number of aliphatic carboxylic acids is 1. The number of halogens is 1. The monoisotopic (exact) mass is 960 g/mol. The zero-order valence-electron chi connectivity index (χ0n) is 39.0. The number of ether oxygens (including phenoxy) is 3. The fourth-order valence-corrected chi connectivity index (χ4v) is 7.47. The van der Waals surface area contributed by atoms with Gasteiger partial charge in [0, 0.05) is 65.3 Å². The van der Waals surface area contributed by atoms with Crippen LogP contribution in [0.2, 0.25) is 0 Å². The van der Waals surface area contributed by atoms with E-state index in [1.165, 1.54) is 4.68 Å². The minimum absolute atomic E-state index is 0. The lowest BCUT2D eigenvalue weighted by molar-refractivity contribution is -0.139. The van der Waals surface area contributed by atoms with Gasteiger partial charge in [0.1, 0.15) is 24.4 Å². The molecule has 2 aliphatic rings. The van der Waals surface area contributed by atoms with E-state index in [0.29, 0.717) is 121 Å². The molecule has 0 saturated carbocycles. The number of piperazine rings is 2. The van der Waals surface area contributed by atoms with Gasteiger partial charge in [-0.1, -0.05) is 56.9 Å². The fraction of sp³-hybridized carbons (Fsp3) is 0.714. The van der Waals surface area contributed by atoms with Crippen LogP contribution in [-0.4, -0.2) is 188 Å². The third-order valence-electron chi connectivity index (χ3n) is 12.0. The smallest absolute Gasteiger partial charge is 0.303 e. The normalized spacial score (nSPS) is 16.9. The number of aliphatic hydroxyl groups excluding tert-OH is 1. The molecular formula is C42H68ClN16O8-. The van der Waals surface area contributed by atoms with Crippen molar-refractivity contribution in [2.45, 2.75) is 77.5 Å². The van der Waals surface area contributed by atoms with Crippen LogP contribution in [-0.2, 0) is 28.6 Å². The van der Waals surface area contributed by atoms with E-state index < -0.39 is 24.1 Å². The summed E-state index contributed by atoms with van der Waals surface area (Å²) in [5.41, 5.74) is 13.3. The molecule has 3 aromatic rings. The molecule has 7 N–H and O–H groups in total. The van der Waals surface area contributed by atoms with Gasteiger partial charge in [0.25, 0.3) is 0 Å². The van der Waals surface area contributed by atoms with E-state index in [1.54, 1.807) is 22.0 Å². The third kappa shape index (κ3) is 15.4. The van der Waals surface area contributed by atoms with E-state index in [0.717, 1.165) is 12.8 Å². The number of carboxylic acid groups (broad SMARTS) is 1. The highest BCUT2D eigenvalue weighted by Gasteiger charge is 2.35. The summed E-state index contributed by atoms with van der Waals surface area (Å²) in [4.78, 5) is 61.8. The number of carbonyl (C=O) groups is 3. The van der Waals surface area contributed by atoms with E-state index in [4.69, 9.17) is 47.1 Å². The van der Waals surface area contributed by atoms with Crippen LogP contribution in [0, 0.1) is 24.2 Å². The SMILES string of the molecule is C#CCOCCOCCOCCNc1nc(N2CCN(C(=O)C([C@@H](C)CC)n3cc(C(N)CO)nn3)CC2)nc(N2CCN(C(=O)[C@H](CCC(=O)O)n3cc(C(N)[C@H](C)CC)nn3)CC2)n1.[Cl-]. The Bertz CT molecular complexity index is 2020. The van der Waals surface area contributed by atoms with E-state index in [2.05, 4.69) is 31.9 Å². The average Bonchev–Trinajstić information content (AvgIpc) is 4.04. The lowest BCUT2D eigenvalue weighted by atomic mass is 9.97. The average molecular weight is 961 g/mol. The molecule has 3 aromatic heterocycles. The number of hydrogen-bond donors (Lipinski definition) is 5. The van der Waals surface area contributed by atoms with E-state index in [-0.39, 0.29) is 68.2 Å². The fourth-order valence-electron chi connectivity index (χ4n) is 7.47. The predicted molar refractivity (Wildman–Crippen MR) is 242 cm³/mol. The van der Waals surface area contributed by atoms with Crippen LogP contribution in [0.1, 0.15) is 88.9 Å². The molecule has 24 nitrogen and oxygen atoms in total. The molecule has 0 bridgehead atoms. The van der Waals surface area contributed by atoms with Crippen LogP contribution in [0.5, 0.6) is 0 Å². The summed E-state index contributed by atoms with van der Waals surface area (Å²) in [5.74, 6) is 2.32. The molecule has 67 heavy (non-hydrogen) atoms. The number of nitrogens with zero attached hydrogens (tertiary/aromatic N) is 13.